The number of piperazine rings is 1. The molecular weight excluding hydrogens is 253 g/mol. The fraction of sp³-hybridized carbons (Fsp3) is 0.625. The number of nitrogens with zero attached hydrogens (tertiary/aromatic N) is 2. The largest absolute Gasteiger partial charge is 0.398 e. The SMILES string of the molecule is Nc1cc(F)ccc1CN1CCN(C2CCCC2)CC1. The molecule has 2 fully saturated rings. The Kier molecular flexibility index (Phi) is 4.22. The van der Waals surface area contributed by atoms with E-state index >= 15 is 0 Å². The first-order valence-corrected chi connectivity index (χ1v) is 7.73. The molecule has 1 aromatic rings. The lowest BCUT2D eigenvalue weighted by molar-refractivity contribution is 0.0938. The summed E-state index contributed by atoms with van der Waals surface area (Å²) >= 11 is 0. The zero-order chi connectivity index (χ0) is 13.9. The number of benzene rings is 1. The summed E-state index contributed by atoms with van der Waals surface area (Å²) in [6.45, 7) is 5.34. The number of rotatable bonds is 3. The van der Waals surface area contributed by atoms with E-state index in [-0.39, 0.29) is 5.82 Å². The molecule has 1 saturated heterocycles. The predicted molar refractivity (Wildman–Crippen MR) is 79.9 cm³/mol. The van der Waals surface area contributed by atoms with Crippen LogP contribution in [0.3, 0.4) is 0 Å². The van der Waals surface area contributed by atoms with Crippen LogP contribution in [0.4, 0.5) is 10.1 Å². The molecule has 4 heteroatoms. The third kappa shape index (κ3) is 3.13. The van der Waals surface area contributed by atoms with Gasteiger partial charge in [-0.2, -0.15) is 0 Å². The van der Waals surface area contributed by atoms with E-state index in [9.17, 15) is 4.39 Å². The minimum absolute atomic E-state index is 0.252. The smallest absolute Gasteiger partial charge is 0.125 e. The third-order valence-corrected chi connectivity index (χ3v) is 4.75. The van der Waals surface area contributed by atoms with Crippen LogP contribution in [0.5, 0.6) is 0 Å². The maximum absolute atomic E-state index is 13.0. The quantitative estimate of drug-likeness (QED) is 0.862. The standard InChI is InChI=1S/C16H24FN3/c17-14-6-5-13(16(18)11-14)12-19-7-9-20(10-8-19)15-3-1-2-4-15/h5-6,11,15H,1-4,7-10,12,18H2. The maximum atomic E-state index is 13.0. The Morgan fingerprint density at radius 2 is 1.80 bits per heavy atom. The van der Waals surface area contributed by atoms with E-state index < -0.39 is 0 Å². The van der Waals surface area contributed by atoms with Gasteiger partial charge in [0.2, 0.25) is 0 Å². The lowest BCUT2D eigenvalue weighted by Gasteiger charge is -2.38. The zero-order valence-corrected chi connectivity index (χ0v) is 12.0. The van der Waals surface area contributed by atoms with Gasteiger partial charge in [0, 0.05) is 44.5 Å². The summed E-state index contributed by atoms with van der Waals surface area (Å²) in [6.07, 6.45) is 5.56. The third-order valence-electron chi connectivity index (χ3n) is 4.75. The molecular formula is C16H24FN3. The lowest BCUT2D eigenvalue weighted by Crippen LogP contribution is -2.49. The van der Waals surface area contributed by atoms with Crippen molar-refractivity contribution < 1.29 is 4.39 Å². The molecule has 1 saturated carbocycles. The van der Waals surface area contributed by atoms with Gasteiger partial charge in [0.1, 0.15) is 5.82 Å². The summed E-state index contributed by atoms with van der Waals surface area (Å²) < 4.78 is 13.0. The molecule has 0 spiro atoms. The van der Waals surface area contributed by atoms with Crippen molar-refractivity contribution in [1.82, 2.24) is 9.80 Å². The van der Waals surface area contributed by atoms with Crippen molar-refractivity contribution in [2.45, 2.75) is 38.3 Å². The summed E-state index contributed by atoms with van der Waals surface area (Å²) in [4.78, 5) is 5.08. The van der Waals surface area contributed by atoms with Crippen molar-refractivity contribution in [2.24, 2.45) is 0 Å². The average Bonchev–Trinajstić information content (AvgIpc) is 2.97. The lowest BCUT2D eigenvalue weighted by atomic mass is 10.1. The van der Waals surface area contributed by atoms with Crippen LogP contribution in [0, 0.1) is 5.82 Å². The summed E-state index contributed by atoms with van der Waals surface area (Å²) in [5.74, 6) is -0.252. The first-order valence-electron chi connectivity index (χ1n) is 7.73. The van der Waals surface area contributed by atoms with Crippen molar-refractivity contribution in [3.8, 4) is 0 Å². The Bertz CT molecular complexity index is 449. The molecule has 1 aliphatic carbocycles. The van der Waals surface area contributed by atoms with Gasteiger partial charge in [0.05, 0.1) is 0 Å². The number of nitrogen functional groups attached to an aromatic ring is 1. The van der Waals surface area contributed by atoms with Gasteiger partial charge in [0.25, 0.3) is 0 Å². The number of halogens is 1. The molecule has 0 atom stereocenters. The van der Waals surface area contributed by atoms with Crippen molar-refractivity contribution in [1.29, 1.82) is 0 Å². The Morgan fingerprint density at radius 3 is 2.45 bits per heavy atom. The van der Waals surface area contributed by atoms with Crippen LogP contribution in [0.2, 0.25) is 0 Å². The number of hydrogen-bond donors (Lipinski definition) is 1. The van der Waals surface area contributed by atoms with Gasteiger partial charge in [-0.15, -0.1) is 0 Å². The Morgan fingerprint density at radius 1 is 1.10 bits per heavy atom. The van der Waals surface area contributed by atoms with Gasteiger partial charge in [-0.25, -0.2) is 4.39 Å². The minimum Gasteiger partial charge on any atom is -0.398 e. The minimum atomic E-state index is -0.252. The second kappa shape index (κ2) is 6.10. The highest BCUT2D eigenvalue weighted by atomic mass is 19.1. The Hall–Kier alpha value is -1.13. The second-order valence-electron chi connectivity index (χ2n) is 6.09. The summed E-state index contributed by atoms with van der Waals surface area (Å²) in [7, 11) is 0. The van der Waals surface area contributed by atoms with Gasteiger partial charge < -0.3 is 5.73 Å². The molecule has 0 amide bonds. The van der Waals surface area contributed by atoms with Crippen LogP contribution in [-0.2, 0) is 6.54 Å². The van der Waals surface area contributed by atoms with Crippen molar-refractivity contribution in [3.05, 3.63) is 29.6 Å². The summed E-state index contributed by atoms with van der Waals surface area (Å²) in [5, 5.41) is 0. The maximum Gasteiger partial charge on any atom is 0.125 e. The Labute approximate surface area is 120 Å². The van der Waals surface area contributed by atoms with E-state index in [0.717, 1.165) is 44.3 Å². The molecule has 3 nitrogen and oxygen atoms in total. The van der Waals surface area contributed by atoms with Gasteiger partial charge in [-0.1, -0.05) is 18.9 Å². The number of anilines is 1. The van der Waals surface area contributed by atoms with Crippen molar-refractivity contribution in [2.75, 3.05) is 31.9 Å². The van der Waals surface area contributed by atoms with E-state index in [1.807, 2.05) is 6.07 Å². The molecule has 0 bridgehead atoms. The monoisotopic (exact) mass is 277 g/mol. The normalized spacial score (nSPS) is 22.4. The van der Waals surface area contributed by atoms with E-state index in [1.54, 1.807) is 0 Å². The molecule has 1 aliphatic heterocycles. The fourth-order valence-corrected chi connectivity index (χ4v) is 3.51. The van der Waals surface area contributed by atoms with Crippen LogP contribution < -0.4 is 5.73 Å². The molecule has 2 N–H and O–H groups in total. The van der Waals surface area contributed by atoms with E-state index in [0.29, 0.717) is 5.69 Å². The van der Waals surface area contributed by atoms with Crippen LogP contribution in [0.1, 0.15) is 31.2 Å². The molecule has 3 rings (SSSR count). The van der Waals surface area contributed by atoms with Crippen LogP contribution in [0.25, 0.3) is 0 Å². The van der Waals surface area contributed by atoms with E-state index in [2.05, 4.69) is 9.80 Å². The molecule has 0 aromatic heterocycles. The van der Waals surface area contributed by atoms with Gasteiger partial charge in [0.15, 0.2) is 0 Å². The van der Waals surface area contributed by atoms with Gasteiger partial charge in [-0.05, 0) is 30.5 Å². The molecule has 2 aliphatic rings. The molecule has 20 heavy (non-hydrogen) atoms. The zero-order valence-electron chi connectivity index (χ0n) is 12.0. The number of hydrogen-bond acceptors (Lipinski definition) is 3. The van der Waals surface area contributed by atoms with Crippen LogP contribution in [-0.4, -0.2) is 42.0 Å². The Balaban J connectivity index is 1.53. The number of nitrogens with two attached hydrogens (primary N) is 1. The molecule has 1 heterocycles. The van der Waals surface area contributed by atoms with Crippen LogP contribution >= 0.6 is 0 Å². The topological polar surface area (TPSA) is 32.5 Å². The van der Waals surface area contributed by atoms with Crippen molar-refractivity contribution >= 4 is 5.69 Å². The highest BCUT2D eigenvalue weighted by Gasteiger charge is 2.26. The first kappa shape index (κ1) is 13.8. The van der Waals surface area contributed by atoms with Crippen LogP contribution in [0.15, 0.2) is 18.2 Å². The molecule has 0 unspecified atom stereocenters. The van der Waals surface area contributed by atoms with Gasteiger partial charge >= 0.3 is 0 Å². The van der Waals surface area contributed by atoms with Gasteiger partial charge in [-0.3, -0.25) is 9.80 Å². The highest BCUT2D eigenvalue weighted by molar-refractivity contribution is 5.46. The predicted octanol–water partition coefficient (Wildman–Crippen LogP) is 2.47. The highest BCUT2D eigenvalue weighted by Crippen LogP contribution is 2.25. The van der Waals surface area contributed by atoms with E-state index in [4.69, 9.17) is 5.73 Å². The molecule has 110 valence electrons. The second-order valence-corrected chi connectivity index (χ2v) is 6.09. The first-order chi connectivity index (χ1) is 9.72. The van der Waals surface area contributed by atoms with E-state index in [1.165, 1.54) is 37.8 Å². The molecule has 0 radical (unpaired) electrons. The summed E-state index contributed by atoms with van der Waals surface area (Å²) in [6, 6.07) is 5.56. The molecule has 1 aromatic carbocycles. The fourth-order valence-electron chi connectivity index (χ4n) is 3.51. The van der Waals surface area contributed by atoms with Crippen molar-refractivity contribution in [3.63, 3.8) is 0 Å². The summed E-state index contributed by atoms with van der Waals surface area (Å²) in [5.41, 5.74) is 7.50. The average molecular weight is 277 g/mol.